The molecular formula is C21H30N4O3. The summed E-state index contributed by atoms with van der Waals surface area (Å²) in [5.41, 5.74) is 2.34. The Hall–Kier alpha value is -2.25. The molecule has 2 heterocycles. The highest BCUT2D eigenvalue weighted by Crippen LogP contribution is 2.15. The van der Waals surface area contributed by atoms with Crippen molar-refractivity contribution in [3.8, 4) is 0 Å². The number of benzene rings is 1. The van der Waals surface area contributed by atoms with Gasteiger partial charge in [-0.25, -0.2) is 4.98 Å². The predicted molar refractivity (Wildman–Crippen MR) is 110 cm³/mol. The van der Waals surface area contributed by atoms with Crippen LogP contribution in [-0.2, 0) is 11.3 Å². The van der Waals surface area contributed by atoms with Gasteiger partial charge in [-0.2, -0.15) is 0 Å². The van der Waals surface area contributed by atoms with Crippen LogP contribution in [0.1, 0.15) is 36.8 Å². The number of amides is 1. The Bertz CT molecular complexity index is 900. The second-order valence-electron chi connectivity index (χ2n) is 7.62. The smallest absolute Gasteiger partial charge is 0.272 e. The number of morpholine rings is 1. The number of nitrogens with one attached hydrogen (secondary N) is 1. The fraction of sp³-hybridized carbons (Fsp3) is 0.571. The van der Waals surface area contributed by atoms with Crippen LogP contribution in [0.3, 0.4) is 0 Å². The van der Waals surface area contributed by atoms with E-state index in [1.165, 1.54) is 0 Å². The third-order valence-corrected chi connectivity index (χ3v) is 5.44. The average molecular weight is 386 g/mol. The number of fused-ring (bicyclic) bond motifs is 1. The first kappa shape index (κ1) is 20.5. The minimum Gasteiger partial charge on any atom is -0.379 e. The molecule has 0 aliphatic carbocycles. The molecule has 0 saturated carbocycles. The third kappa shape index (κ3) is 4.25. The van der Waals surface area contributed by atoms with Gasteiger partial charge in [0.25, 0.3) is 11.5 Å². The number of carbonyl (C=O) groups excluding carboxylic acids is 1. The zero-order chi connectivity index (χ0) is 20.3. The first-order chi connectivity index (χ1) is 13.4. The molecule has 1 atom stereocenters. The van der Waals surface area contributed by atoms with Gasteiger partial charge < -0.3 is 14.6 Å². The van der Waals surface area contributed by atoms with E-state index in [1.807, 2.05) is 13.0 Å². The Labute approximate surface area is 165 Å². The summed E-state index contributed by atoms with van der Waals surface area (Å²) in [5.74, 6) is 0.313. The maximum Gasteiger partial charge on any atom is 0.272 e. The number of hydrogen-bond donors (Lipinski definition) is 1. The fourth-order valence-electron chi connectivity index (χ4n) is 3.82. The van der Waals surface area contributed by atoms with Gasteiger partial charge in [-0.1, -0.05) is 13.8 Å². The maximum absolute atomic E-state index is 12.8. The van der Waals surface area contributed by atoms with Gasteiger partial charge in [-0.3, -0.25) is 14.5 Å². The van der Waals surface area contributed by atoms with Crippen LogP contribution in [0, 0.1) is 12.8 Å². The predicted octanol–water partition coefficient (Wildman–Crippen LogP) is 1.81. The molecule has 152 valence electrons. The van der Waals surface area contributed by atoms with Crippen molar-refractivity contribution in [2.24, 2.45) is 5.92 Å². The highest BCUT2D eigenvalue weighted by molar-refractivity contribution is 5.97. The second kappa shape index (κ2) is 8.84. The summed E-state index contributed by atoms with van der Waals surface area (Å²) in [7, 11) is 0. The molecule has 0 bridgehead atoms. The van der Waals surface area contributed by atoms with Crippen LogP contribution in [0.25, 0.3) is 11.0 Å². The fourth-order valence-corrected chi connectivity index (χ4v) is 3.82. The Morgan fingerprint density at radius 1 is 1.29 bits per heavy atom. The van der Waals surface area contributed by atoms with Crippen LogP contribution < -0.4 is 10.9 Å². The minimum atomic E-state index is -0.116. The maximum atomic E-state index is 12.8. The van der Waals surface area contributed by atoms with Crippen LogP contribution in [0.15, 0.2) is 23.0 Å². The van der Waals surface area contributed by atoms with Gasteiger partial charge in [-0.15, -0.1) is 0 Å². The summed E-state index contributed by atoms with van der Waals surface area (Å²) in [4.78, 5) is 31.8. The molecule has 0 radical (unpaired) electrons. The molecule has 0 spiro atoms. The molecule has 1 aromatic heterocycles. The van der Waals surface area contributed by atoms with Gasteiger partial charge in [0.1, 0.15) is 5.69 Å². The molecule has 7 nitrogen and oxygen atoms in total. The zero-order valence-electron chi connectivity index (χ0n) is 17.2. The van der Waals surface area contributed by atoms with Gasteiger partial charge in [0.15, 0.2) is 0 Å². The summed E-state index contributed by atoms with van der Waals surface area (Å²) in [6, 6.07) is 5.62. The number of aryl methyl sites for hydroxylation is 2. The van der Waals surface area contributed by atoms with E-state index in [-0.39, 0.29) is 17.5 Å². The number of nitrogens with zero attached hydrogens (tertiary/aromatic N) is 3. The van der Waals surface area contributed by atoms with Crippen molar-refractivity contribution in [3.63, 3.8) is 0 Å². The first-order valence-corrected chi connectivity index (χ1v) is 10.0. The standard InChI is InChI=1S/C21H30N4O3/c1-5-25-18-7-6-16(12-17(18)23-15(4)21(25)27)20(26)22-13-19(14(2)3)24-8-10-28-11-9-24/h6-7,12,14,19H,5,8-11,13H2,1-4H3,(H,22,26)/t19-/m1/s1. The number of rotatable bonds is 6. The normalized spacial score (nSPS) is 16.5. The molecule has 1 fully saturated rings. The molecule has 28 heavy (non-hydrogen) atoms. The molecule has 3 rings (SSSR count). The van der Waals surface area contributed by atoms with Gasteiger partial charge in [0.2, 0.25) is 0 Å². The number of aromatic nitrogens is 2. The molecule has 1 N–H and O–H groups in total. The lowest BCUT2D eigenvalue weighted by molar-refractivity contribution is 0.00673. The highest BCUT2D eigenvalue weighted by atomic mass is 16.5. The number of ether oxygens (including phenoxy) is 1. The zero-order valence-corrected chi connectivity index (χ0v) is 17.2. The molecule has 7 heteroatoms. The van der Waals surface area contributed by atoms with E-state index in [0.717, 1.165) is 31.8 Å². The van der Waals surface area contributed by atoms with E-state index in [0.29, 0.717) is 35.8 Å². The van der Waals surface area contributed by atoms with Crippen LogP contribution in [0.4, 0.5) is 0 Å². The SMILES string of the molecule is CCn1c(=O)c(C)nc2cc(C(=O)NC[C@H](C(C)C)N3CCOCC3)ccc21. The summed E-state index contributed by atoms with van der Waals surface area (Å²) >= 11 is 0. The third-order valence-electron chi connectivity index (χ3n) is 5.44. The molecule has 2 aromatic rings. The van der Waals surface area contributed by atoms with Crippen molar-refractivity contribution in [2.45, 2.75) is 40.3 Å². The Balaban J connectivity index is 1.77. The van der Waals surface area contributed by atoms with Crippen LogP contribution in [0.2, 0.25) is 0 Å². The Morgan fingerprint density at radius 2 is 2.00 bits per heavy atom. The van der Waals surface area contributed by atoms with Crippen molar-refractivity contribution in [2.75, 3.05) is 32.8 Å². The van der Waals surface area contributed by atoms with E-state index in [9.17, 15) is 9.59 Å². The van der Waals surface area contributed by atoms with Gasteiger partial charge in [-0.05, 0) is 38.0 Å². The van der Waals surface area contributed by atoms with Crippen molar-refractivity contribution in [3.05, 3.63) is 39.8 Å². The lowest BCUT2D eigenvalue weighted by Gasteiger charge is -2.36. The molecule has 1 amide bonds. The lowest BCUT2D eigenvalue weighted by atomic mass is 10.0. The van der Waals surface area contributed by atoms with Crippen molar-refractivity contribution in [1.29, 1.82) is 0 Å². The average Bonchev–Trinajstić information content (AvgIpc) is 2.69. The summed E-state index contributed by atoms with van der Waals surface area (Å²) in [6.45, 7) is 12.4. The van der Waals surface area contributed by atoms with E-state index in [4.69, 9.17) is 4.74 Å². The number of hydrogen-bond acceptors (Lipinski definition) is 5. The summed E-state index contributed by atoms with van der Waals surface area (Å²) < 4.78 is 7.13. The second-order valence-corrected chi connectivity index (χ2v) is 7.62. The van der Waals surface area contributed by atoms with Crippen LogP contribution in [-0.4, -0.2) is 59.2 Å². The molecule has 1 aromatic carbocycles. The lowest BCUT2D eigenvalue weighted by Crippen LogP contribution is -2.51. The molecular weight excluding hydrogens is 356 g/mol. The van der Waals surface area contributed by atoms with Gasteiger partial charge in [0, 0.05) is 37.8 Å². The van der Waals surface area contributed by atoms with E-state index in [2.05, 4.69) is 29.0 Å². The minimum absolute atomic E-state index is 0.0857. The molecule has 1 aliphatic heterocycles. The monoisotopic (exact) mass is 386 g/mol. The summed E-state index contributed by atoms with van der Waals surface area (Å²) in [6.07, 6.45) is 0. The first-order valence-electron chi connectivity index (χ1n) is 10.0. The van der Waals surface area contributed by atoms with Crippen LogP contribution >= 0.6 is 0 Å². The van der Waals surface area contributed by atoms with E-state index in [1.54, 1.807) is 23.6 Å². The largest absolute Gasteiger partial charge is 0.379 e. The molecule has 1 saturated heterocycles. The van der Waals surface area contributed by atoms with Gasteiger partial charge >= 0.3 is 0 Å². The van der Waals surface area contributed by atoms with Crippen LogP contribution in [0.5, 0.6) is 0 Å². The van der Waals surface area contributed by atoms with E-state index < -0.39 is 0 Å². The van der Waals surface area contributed by atoms with E-state index >= 15 is 0 Å². The van der Waals surface area contributed by atoms with Crippen molar-refractivity contribution < 1.29 is 9.53 Å². The summed E-state index contributed by atoms with van der Waals surface area (Å²) in [5, 5.41) is 3.08. The molecule has 1 aliphatic rings. The Morgan fingerprint density at radius 3 is 2.64 bits per heavy atom. The number of carbonyl (C=O) groups is 1. The Kier molecular flexibility index (Phi) is 6.46. The highest BCUT2D eigenvalue weighted by Gasteiger charge is 2.24. The topological polar surface area (TPSA) is 76.5 Å². The molecule has 0 unspecified atom stereocenters. The quantitative estimate of drug-likeness (QED) is 0.819. The van der Waals surface area contributed by atoms with Crippen molar-refractivity contribution in [1.82, 2.24) is 19.8 Å². The van der Waals surface area contributed by atoms with Crippen molar-refractivity contribution >= 4 is 16.9 Å². The van der Waals surface area contributed by atoms with Gasteiger partial charge in [0.05, 0.1) is 24.2 Å².